The molecule has 7 heteroatoms. The first-order chi connectivity index (χ1) is 14.0. The molecule has 2 N–H and O–H groups in total. The van der Waals surface area contributed by atoms with E-state index < -0.39 is 6.04 Å². The van der Waals surface area contributed by atoms with Gasteiger partial charge in [0, 0.05) is 29.0 Å². The van der Waals surface area contributed by atoms with Crippen LogP contribution >= 0.6 is 11.8 Å². The highest BCUT2D eigenvalue weighted by atomic mass is 32.2. The number of fused-ring (bicyclic) bond motifs is 1. The molecule has 1 aromatic heterocycles. The lowest BCUT2D eigenvalue weighted by atomic mass is 9.82. The SMILES string of the molecule is CSc1ccc([C@@H]2c3c(C)nn(C)c3NC(=O)[C@H]2NC(=O)c2ccccc2)cc1. The Morgan fingerprint density at radius 1 is 1.14 bits per heavy atom. The molecule has 0 saturated carbocycles. The predicted octanol–water partition coefficient (Wildman–Crippen LogP) is 3.33. The Kier molecular flexibility index (Phi) is 5.15. The van der Waals surface area contributed by atoms with E-state index in [9.17, 15) is 9.59 Å². The van der Waals surface area contributed by atoms with Crippen molar-refractivity contribution in [3.05, 3.63) is 77.0 Å². The maximum absolute atomic E-state index is 13.0. The minimum absolute atomic E-state index is 0.247. The number of benzene rings is 2. The molecule has 0 bridgehead atoms. The Morgan fingerprint density at radius 2 is 1.83 bits per heavy atom. The average molecular weight is 407 g/mol. The summed E-state index contributed by atoms with van der Waals surface area (Å²) in [7, 11) is 1.81. The van der Waals surface area contributed by atoms with Gasteiger partial charge in [0.1, 0.15) is 11.9 Å². The Morgan fingerprint density at radius 3 is 2.48 bits per heavy atom. The summed E-state index contributed by atoms with van der Waals surface area (Å²) in [4.78, 5) is 27.0. The van der Waals surface area contributed by atoms with Crippen molar-refractivity contribution in [2.24, 2.45) is 7.05 Å². The second-order valence-electron chi connectivity index (χ2n) is 7.03. The quantitative estimate of drug-likeness (QED) is 0.652. The number of thioether (sulfide) groups is 1. The van der Waals surface area contributed by atoms with Gasteiger partial charge in [-0.25, -0.2) is 0 Å². The van der Waals surface area contributed by atoms with Crippen molar-refractivity contribution in [1.82, 2.24) is 15.1 Å². The molecular formula is C22H22N4O2S. The van der Waals surface area contributed by atoms with Crippen LogP contribution in [0.5, 0.6) is 0 Å². The van der Waals surface area contributed by atoms with Crippen molar-refractivity contribution in [1.29, 1.82) is 0 Å². The van der Waals surface area contributed by atoms with Gasteiger partial charge in [0.05, 0.1) is 5.69 Å². The Hall–Kier alpha value is -3.06. The van der Waals surface area contributed by atoms with Crippen molar-refractivity contribution >= 4 is 29.4 Å². The van der Waals surface area contributed by atoms with Crippen molar-refractivity contribution in [3.63, 3.8) is 0 Å². The van der Waals surface area contributed by atoms with Gasteiger partial charge >= 0.3 is 0 Å². The van der Waals surface area contributed by atoms with E-state index in [1.807, 2.05) is 50.6 Å². The van der Waals surface area contributed by atoms with E-state index in [-0.39, 0.29) is 17.7 Å². The van der Waals surface area contributed by atoms with Gasteiger partial charge in [-0.2, -0.15) is 5.10 Å². The first-order valence-electron chi connectivity index (χ1n) is 9.34. The lowest BCUT2D eigenvalue weighted by Crippen LogP contribution is -2.50. The molecule has 0 fully saturated rings. The highest BCUT2D eigenvalue weighted by molar-refractivity contribution is 7.98. The highest BCUT2D eigenvalue weighted by Gasteiger charge is 2.41. The highest BCUT2D eigenvalue weighted by Crippen LogP contribution is 2.39. The summed E-state index contributed by atoms with van der Waals surface area (Å²) in [5.74, 6) is -0.169. The van der Waals surface area contributed by atoms with Crippen LogP contribution in [0.25, 0.3) is 0 Å². The standard InChI is InChI=1S/C22H22N4O2S/c1-13-17-18(14-9-11-16(29-3)12-10-14)19(22(28)24-20(17)26(2)25-13)23-21(27)15-7-5-4-6-8-15/h4-12,18-19H,1-3H3,(H,23,27)(H,24,28)/t18-,19+/m1/s1. The molecule has 0 saturated heterocycles. The monoisotopic (exact) mass is 406 g/mol. The van der Waals surface area contributed by atoms with E-state index in [4.69, 9.17) is 0 Å². The number of rotatable bonds is 4. The van der Waals surface area contributed by atoms with Crippen molar-refractivity contribution in [3.8, 4) is 0 Å². The minimum Gasteiger partial charge on any atom is -0.339 e. The lowest BCUT2D eigenvalue weighted by Gasteiger charge is -2.32. The van der Waals surface area contributed by atoms with Crippen LogP contribution in [0, 0.1) is 6.92 Å². The number of carbonyl (C=O) groups excluding carboxylic acids is 2. The van der Waals surface area contributed by atoms with E-state index in [2.05, 4.69) is 15.7 Å². The number of nitrogens with zero attached hydrogens (tertiary/aromatic N) is 2. The zero-order valence-corrected chi connectivity index (χ0v) is 17.3. The van der Waals surface area contributed by atoms with E-state index in [0.29, 0.717) is 11.4 Å². The number of amides is 2. The summed E-state index contributed by atoms with van der Waals surface area (Å²) in [6.07, 6.45) is 2.02. The molecule has 2 atom stereocenters. The molecule has 0 unspecified atom stereocenters. The van der Waals surface area contributed by atoms with Gasteiger partial charge in [0.25, 0.3) is 5.91 Å². The molecule has 3 aromatic rings. The summed E-state index contributed by atoms with van der Waals surface area (Å²) in [6, 6.07) is 16.3. The van der Waals surface area contributed by atoms with Gasteiger partial charge in [-0.1, -0.05) is 30.3 Å². The van der Waals surface area contributed by atoms with Crippen LogP contribution in [0.1, 0.15) is 33.1 Å². The number of hydrogen-bond acceptors (Lipinski definition) is 4. The number of carbonyl (C=O) groups is 2. The van der Waals surface area contributed by atoms with E-state index in [0.717, 1.165) is 21.7 Å². The first-order valence-corrected chi connectivity index (χ1v) is 10.6. The molecule has 0 radical (unpaired) electrons. The molecule has 1 aliphatic heterocycles. The van der Waals surface area contributed by atoms with Crippen LogP contribution in [-0.2, 0) is 11.8 Å². The van der Waals surface area contributed by atoms with Gasteiger partial charge in [-0.3, -0.25) is 14.3 Å². The molecule has 4 rings (SSSR count). The molecule has 2 amide bonds. The van der Waals surface area contributed by atoms with Crippen LogP contribution < -0.4 is 10.6 Å². The number of aryl methyl sites for hydroxylation is 2. The second-order valence-corrected chi connectivity index (χ2v) is 7.91. The first kappa shape index (κ1) is 19.3. The van der Waals surface area contributed by atoms with Gasteiger partial charge in [0.15, 0.2) is 0 Å². The van der Waals surface area contributed by atoms with E-state index >= 15 is 0 Å². The van der Waals surface area contributed by atoms with Crippen LogP contribution in [-0.4, -0.2) is 33.9 Å². The van der Waals surface area contributed by atoms with Gasteiger partial charge < -0.3 is 10.6 Å². The molecule has 1 aliphatic rings. The van der Waals surface area contributed by atoms with Crippen LogP contribution in [0.3, 0.4) is 0 Å². The average Bonchev–Trinajstić information content (AvgIpc) is 3.02. The van der Waals surface area contributed by atoms with Crippen molar-refractivity contribution < 1.29 is 9.59 Å². The third kappa shape index (κ3) is 3.53. The molecule has 29 heavy (non-hydrogen) atoms. The van der Waals surface area contributed by atoms with Crippen LogP contribution in [0.15, 0.2) is 59.5 Å². The molecule has 6 nitrogen and oxygen atoms in total. The molecule has 148 valence electrons. The second kappa shape index (κ2) is 7.75. The van der Waals surface area contributed by atoms with Gasteiger partial charge in [-0.15, -0.1) is 11.8 Å². The molecule has 0 spiro atoms. The fourth-order valence-electron chi connectivity index (χ4n) is 3.84. The topological polar surface area (TPSA) is 76.0 Å². The van der Waals surface area contributed by atoms with Crippen LogP contribution in [0.2, 0.25) is 0 Å². The molecular weight excluding hydrogens is 384 g/mol. The molecule has 0 aliphatic carbocycles. The Balaban J connectivity index is 1.78. The third-order valence-corrected chi connectivity index (χ3v) is 5.98. The van der Waals surface area contributed by atoms with Crippen LogP contribution in [0.4, 0.5) is 5.82 Å². The Bertz CT molecular complexity index is 1060. The van der Waals surface area contributed by atoms with E-state index in [1.54, 1.807) is 40.7 Å². The van der Waals surface area contributed by atoms with Gasteiger partial charge in [0.2, 0.25) is 5.91 Å². The van der Waals surface area contributed by atoms with E-state index in [1.165, 1.54) is 0 Å². The zero-order valence-electron chi connectivity index (χ0n) is 16.5. The summed E-state index contributed by atoms with van der Waals surface area (Å²) in [5, 5.41) is 10.4. The summed E-state index contributed by atoms with van der Waals surface area (Å²) >= 11 is 1.66. The van der Waals surface area contributed by atoms with Crippen molar-refractivity contribution in [2.75, 3.05) is 11.6 Å². The maximum Gasteiger partial charge on any atom is 0.251 e. The molecule has 2 aromatic carbocycles. The summed E-state index contributed by atoms with van der Waals surface area (Å²) in [6.45, 7) is 1.93. The largest absolute Gasteiger partial charge is 0.339 e. The maximum atomic E-state index is 13.0. The summed E-state index contributed by atoms with van der Waals surface area (Å²) in [5.41, 5.74) is 3.25. The molecule has 2 heterocycles. The smallest absolute Gasteiger partial charge is 0.251 e. The number of aromatic nitrogens is 2. The number of hydrogen-bond donors (Lipinski definition) is 2. The summed E-state index contributed by atoms with van der Waals surface area (Å²) < 4.78 is 1.68. The van der Waals surface area contributed by atoms with Crippen molar-refractivity contribution in [2.45, 2.75) is 23.8 Å². The fourth-order valence-corrected chi connectivity index (χ4v) is 4.25. The zero-order chi connectivity index (χ0) is 20.5. The Labute approximate surface area is 173 Å². The predicted molar refractivity (Wildman–Crippen MR) is 114 cm³/mol. The fraction of sp³-hybridized carbons (Fsp3) is 0.227. The minimum atomic E-state index is -0.738. The number of anilines is 1. The van der Waals surface area contributed by atoms with Gasteiger partial charge in [-0.05, 0) is 43.0 Å². The third-order valence-electron chi connectivity index (χ3n) is 5.23. The number of nitrogens with one attached hydrogen (secondary N) is 2. The normalized spacial score (nSPS) is 18.1. The lowest BCUT2D eigenvalue weighted by molar-refractivity contribution is -0.118.